The van der Waals surface area contributed by atoms with Crippen LogP contribution < -0.4 is 0 Å². The summed E-state index contributed by atoms with van der Waals surface area (Å²) < 4.78 is 23.8. The van der Waals surface area contributed by atoms with Crippen molar-refractivity contribution in [3.63, 3.8) is 0 Å². The molecule has 1 aliphatic heterocycles. The van der Waals surface area contributed by atoms with Crippen molar-refractivity contribution in [3.8, 4) is 0 Å². The van der Waals surface area contributed by atoms with E-state index in [1.54, 1.807) is 0 Å². The van der Waals surface area contributed by atoms with Gasteiger partial charge < -0.3 is 18.9 Å². The molecule has 0 unspecified atom stereocenters. The first-order chi connectivity index (χ1) is 20.9. The second kappa shape index (κ2) is 17.7. The third kappa shape index (κ3) is 9.87. The van der Waals surface area contributed by atoms with E-state index in [2.05, 4.69) is 70.5 Å². The van der Waals surface area contributed by atoms with Crippen LogP contribution in [0.4, 0.5) is 0 Å². The number of rotatable bonds is 8. The van der Waals surface area contributed by atoms with Crippen LogP contribution in [-0.2, 0) is 31.8 Å². The first-order valence-corrected chi connectivity index (χ1v) is 16.2. The Morgan fingerprint density at radius 1 is 0.476 bits per heavy atom. The summed E-state index contributed by atoms with van der Waals surface area (Å²) >= 11 is 0. The fraction of sp³-hybridized carbons (Fsp3) is 0.556. The number of hydrogen-bond acceptors (Lipinski definition) is 6. The largest absolute Gasteiger partial charge is 0.378 e. The Labute approximate surface area is 253 Å². The van der Waals surface area contributed by atoms with Crippen molar-refractivity contribution in [2.24, 2.45) is 0 Å². The van der Waals surface area contributed by atoms with Crippen LogP contribution in [0.15, 0.2) is 60.7 Å². The summed E-state index contributed by atoms with van der Waals surface area (Å²) in [6, 6.07) is 17.6. The van der Waals surface area contributed by atoms with Crippen LogP contribution >= 0.6 is 0 Å². The van der Waals surface area contributed by atoms with E-state index in [4.69, 9.17) is 18.9 Å². The number of hydrogen-bond donors (Lipinski definition) is 0. The lowest BCUT2D eigenvalue weighted by molar-refractivity contribution is 0.00797. The van der Waals surface area contributed by atoms with Gasteiger partial charge in [0.2, 0.25) is 0 Å². The van der Waals surface area contributed by atoms with Crippen molar-refractivity contribution in [1.82, 2.24) is 9.80 Å². The molecule has 0 saturated carbocycles. The molecule has 0 aromatic heterocycles. The average molecular weight is 575 g/mol. The third-order valence-corrected chi connectivity index (χ3v) is 8.66. The molecular formula is C36H50N2O4. The highest BCUT2D eigenvalue weighted by molar-refractivity contribution is 5.73. The predicted octanol–water partition coefficient (Wildman–Crippen LogP) is 5.51. The molecule has 6 nitrogen and oxygen atoms in total. The molecule has 6 heteroatoms. The van der Waals surface area contributed by atoms with E-state index >= 15 is 0 Å². The number of benzene rings is 2. The lowest BCUT2D eigenvalue weighted by Gasteiger charge is -2.24. The van der Waals surface area contributed by atoms with Gasteiger partial charge in [-0.15, -0.1) is 0 Å². The second-order valence-electron chi connectivity index (χ2n) is 11.5. The van der Waals surface area contributed by atoms with Crippen LogP contribution in [0.2, 0.25) is 0 Å². The van der Waals surface area contributed by atoms with Crippen LogP contribution in [0.1, 0.15) is 47.9 Å². The van der Waals surface area contributed by atoms with Gasteiger partial charge in [0.05, 0.1) is 52.9 Å². The molecule has 0 N–H and O–H groups in total. The van der Waals surface area contributed by atoms with E-state index in [0.717, 1.165) is 104 Å². The van der Waals surface area contributed by atoms with Crippen molar-refractivity contribution in [2.75, 3.05) is 92.1 Å². The summed E-state index contributed by atoms with van der Waals surface area (Å²) in [5.74, 6) is 0. The van der Waals surface area contributed by atoms with Gasteiger partial charge in [-0.2, -0.15) is 0 Å². The normalized spacial score (nSPS) is 20.3. The third-order valence-electron chi connectivity index (χ3n) is 8.66. The van der Waals surface area contributed by atoms with Gasteiger partial charge in [-0.3, -0.25) is 9.80 Å². The summed E-state index contributed by atoms with van der Waals surface area (Å²) in [7, 11) is 0. The minimum absolute atomic E-state index is 0.644. The van der Waals surface area contributed by atoms with E-state index in [9.17, 15) is 0 Å². The maximum atomic E-state index is 5.95. The molecule has 0 amide bonds. The Hall–Kier alpha value is -2.32. The van der Waals surface area contributed by atoms with Gasteiger partial charge in [0.15, 0.2) is 0 Å². The van der Waals surface area contributed by atoms with Gasteiger partial charge in [-0.05, 0) is 85.0 Å². The van der Waals surface area contributed by atoms with Gasteiger partial charge in [-0.25, -0.2) is 0 Å². The van der Waals surface area contributed by atoms with Gasteiger partial charge in [-0.1, -0.05) is 60.7 Å². The lowest BCUT2D eigenvalue weighted by Crippen LogP contribution is -2.34. The molecule has 1 saturated heterocycles. The summed E-state index contributed by atoms with van der Waals surface area (Å²) in [6.07, 6.45) is 11.5. The maximum Gasteiger partial charge on any atom is 0.0701 e. The van der Waals surface area contributed by atoms with Gasteiger partial charge in [0.1, 0.15) is 0 Å². The first-order valence-electron chi connectivity index (χ1n) is 16.2. The highest BCUT2D eigenvalue weighted by atomic mass is 16.5. The molecular weight excluding hydrogens is 524 g/mol. The Kier molecular flexibility index (Phi) is 13.1. The molecule has 228 valence electrons. The van der Waals surface area contributed by atoms with Crippen LogP contribution in [0.5, 0.6) is 0 Å². The fourth-order valence-corrected chi connectivity index (χ4v) is 6.26. The summed E-state index contributed by atoms with van der Waals surface area (Å²) in [4.78, 5) is 4.95. The van der Waals surface area contributed by atoms with Crippen LogP contribution in [0.25, 0.3) is 11.1 Å². The van der Waals surface area contributed by atoms with Crippen molar-refractivity contribution in [2.45, 2.75) is 38.5 Å². The van der Waals surface area contributed by atoms with Crippen molar-refractivity contribution < 1.29 is 18.9 Å². The van der Waals surface area contributed by atoms with Crippen LogP contribution in [-0.4, -0.2) is 102 Å². The Morgan fingerprint density at radius 3 is 1.26 bits per heavy atom. The SMILES string of the molecule is C1=C(CCCN2CCOCCOCCN(CCCC3=CCc4ccccc43)CCOCCOCC2)c2ccccc2C1. The van der Waals surface area contributed by atoms with E-state index < -0.39 is 0 Å². The molecule has 2 aliphatic carbocycles. The van der Waals surface area contributed by atoms with Crippen molar-refractivity contribution >= 4 is 11.1 Å². The minimum Gasteiger partial charge on any atom is -0.378 e. The zero-order chi connectivity index (χ0) is 28.7. The van der Waals surface area contributed by atoms with E-state index in [1.807, 2.05) is 0 Å². The minimum atomic E-state index is 0.644. The zero-order valence-electron chi connectivity index (χ0n) is 25.4. The molecule has 3 aliphatic rings. The summed E-state index contributed by atoms with van der Waals surface area (Å²) in [6.45, 7) is 11.3. The number of fused-ring (bicyclic) bond motifs is 2. The number of ether oxygens (including phenoxy) is 4. The van der Waals surface area contributed by atoms with Crippen molar-refractivity contribution in [1.29, 1.82) is 0 Å². The summed E-state index contributed by atoms with van der Waals surface area (Å²) in [5, 5.41) is 0. The molecule has 2 aromatic rings. The first kappa shape index (κ1) is 31.1. The van der Waals surface area contributed by atoms with Gasteiger partial charge in [0, 0.05) is 26.2 Å². The lowest BCUT2D eigenvalue weighted by atomic mass is 10.0. The monoisotopic (exact) mass is 574 g/mol. The molecule has 5 rings (SSSR count). The van der Waals surface area contributed by atoms with E-state index in [-0.39, 0.29) is 0 Å². The quantitative estimate of drug-likeness (QED) is 0.414. The summed E-state index contributed by atoms with van der Waals surface area (Å²) in [5.41, 5.74) is 8.83. The molecule has 42 heavy (non-hydrogen) atoms. The Morgan fingerprint density at radius 2 is 0.857 bits per heavy atom. The second-order valence-corrected chi connectivity index (χ2v) is 11.5. The Bertz CT molecular complexity index is 1040. The molecule has 1 heterocycles. The molecule has 0 radical (unpaired) electrons. The number of allylic oxidation sites excluding steroid dienone is 4. The standard InChI is InChI=1S/C36H50N2O4/c1-3-11-35-31(7-1)13-15-33(35)9-5-17-37-19-23-39-27-29-41-25-21-38(22-26-42-30-28-40-24-20-37)18-6-10-34-16-14-32-8-2-4-12-36(32)34/h1-4,7-8,11-12,15-16H,5-6,9-10,13-14,17-30H2. The molecule has 0 bridgehead atoms. The van der Waals surface area contributed by atoms with Crippen LogP contribution in [0.3, 0.4) is 0 Å². The van der Waals surface area contributed by atoms with Gasteiger partial charge in [0.25, 0.3) is 0 Å². The Balaban J connectivity index is 0.994. The zero-order valence-corrected chi connectivity index (χ0v) is 25.4. The molecule has 0 atom stereocenters. The average Bonchev–Trinajstić information content (AvgIpc) is 3.63. The van der Waals surface area contributed by atoms with E-state index in [0.29, 0.717) is 26.4 Å². The maximum absolute atomic E-state index is 5.95. The predicted molar refractivity (Wildman–Crippen MR) is 171 cm³/mol. The molecule has 0 spiro atoms. The smallest absolute Gasteiger partial charge is 0.0701 e. The van der Waals surface area contributed by atoms with Gasteiger partial charge >= 0.3 is 0 Å². The van der Waals surface area contributed by atoms with Crippen molar-refractivity contribution in [3.05, 3.63) is 82.9 Å². The fourth-order valence-electron chi connectivity index (χ4n) is 6.26. The molecule has 1 fully saturated rings. The topological polar surface area (TPSA) is 43.4 Å². The van der Waals surface area contributed by atoms with Crippen LogP contribution in [0, 0.1) is 0 Å². The number of nitrogens with zero attached hydrogens (tertiary/aromatic N) is 2. The highest BCUT2D eigenvalue weighted by Gasteiger charge is 2.15. The van der Waals surface area contributed by atoms with E-state index in [1.165, 1.54) is 33.4 Å². The highest BCUT2D eigenvalue weighted by Crippen LogP contribution is 2.31. The molecule has 2 aromatic carbocycles.